The van der Waals surface area contributed by atoms with E-state index < -0.39 is 0 Å². The third-order valence-electron chi connectivity index (χ3n) is 4.10. The number of hydrogen-bond donors (Lipinski definition) is 1. The van der Waals surface area contributed by atoms with Gasteiger partial charge in [-0.05, 0) is 36.6 Å². The fraction of sp³-hybridized carbons (Fsp3) is 0.667. The molecule has 0 saturated carbocycles. The van der Waals surface area contributed by atoms with E-state index in [1.807, 2.05) is 22.4 Å². The third kappa shape index (κ3) is 5.91. The van der Waals surface area contributed by atoms with Crippen molar-refractivity contribution in [3.05, 3.63) is 22.4 Å². The lowest BCUT2D eigenvalue weighted by molar-refractivity contribution is -0.126. The molecule has 0 spiro atoms. The molecule has 1 aromatic rings. The topological polar surface area (TPSA) is 58.6 Å². The summed E-state index contributed by atoms with van der Waals surface area (Å²) >= 11 is 1.47. The quantitative estimate of drug-likeness (QED) is 0.732. The van der Waals surface area contributed by atoms with Crippen molar-refractivity contribution in [3.63, 3.8) is 0 Å². The van der Waals surface area contributed by atoms with Crippen molar-refractivity contribution in [1.29, 1.82) is 0 Å². The molecule has 2 heterocycles. The molecule has 1 N–H and O–H groups in total. The summed E-state index contributed by atoms with van der Waals surface area (Å²) in [7, 11) is 0. The number of carbonyl (C=O) groups excluding carboxylic acids is 2. The van der Waals surface area contributed by atoms with Crippen molar-refractivity contribution < 1.29 is 14.3 Å². The summed E-state index contributed by atoms with van der Waals surface area (Å²) < 4.78 is 5.50. The number of carbonyl (C=O) groups is 2. The molecule has 2 amide bonds. The van der Waals surface area contributed by atoms with E-state index in [4.69, 9.17) is 4.74 Å². The van der Waals surface area contributed by atoms with E-state index in [9.17, 15) is 9.59 Å². The van der Waals surface area contributed by atoms with Crippen LogP contribution in [0, 0.1) is 11.8 Å². The zero-order valence-electron chi connectivity index (χ0n) is 14.6. The first kappa shape index (κ1) is 18.9. The van der Waals surface area contributed by atoms with Crippen molar-refractivity contribution in [3.8, 4) is 0 Å². The van der Waals surface area contributed by atoms with Crippen LogP contribution in [0.5, 0.6) is 0 Å². The lowest BCUT2D eigenvalue weighted by atomic mass is 9.95. The average molecular weight is 353 g/mol. The molecule has 0 bridgehead atoms. The highest BCUT2D eigenvalue weighted by atomic mass is 32.1. The highest BCUT2D eigenvalue weighted by Crippen LogP contribution is 2.20. The minimum absolute atomic E-state index is 0.0222. The highest BCUT2D eigenvalue weighted by molar-refractivity contribution is 7.12. The Hall–Kier alpha value is -1.40. The first-order valence-electron chi connectivity index (χ1n) is 8.76. The molecule has 1 aliphatic rings. The Bertz CT molecular complexity index is 508. The first-order valence-corrected chi connectivity index (χ1v) is 9.64. The lowest BCUT2D eigenvalue weighted by Crippen LogP contribution is -2.43. The zero-order chi connectivity index (χ0) is 17.4. The molecule has 1 saturated heterocycles. The van der Waals surface area contributed by atoms with Gasteiger partial charge in [0.05, 0.1) is 4.88 Å². The molecule has 0 atom stereocenters. The summed E-state index contributed by atoms with van der Waals surface area (Å²) in [4.78, 5) is 27.1. The average Bonchev–Trinajstić information content (AvgIpc) is 3.11. The van der Waals surface area contributed by atoms with Gasteiger partial charge in [0.1, 0.15) is 0 Å². The summed E-state index contributed by atoms with van der Waals surface area (Å²) in [5, 5.41) is 4.91. The van der Waals surface area contributed by atoms with Gasteiger partial charge in [0.2, 0.25) is 5.91 Å². The fourth-order valence-electron chi connectivity index (χ4n) is 2.75. The van der Waals surface area contributed by atoms with Crippen LogP contribution in [-0.4, -0.2) is 49.6 Å². The van der Waals surface area contributed by atoms with Gasteiger partial charge in [0.25, 0.3) is 5.91 Å². The zero-order valence-corrected chi connectivity index (χ0v) is 15.4. The van der Waals surface area contributed by atoms with E-state index in [1.54, 1.807) is 0 Å². The number of nitrogens with one attached hydrogen (secondary N) is 1. The Kier molecular flexibility index (Phi) is 7.72. The Morgan fingerprint density at radius 1 is 1.38 bits per heavy atom. The number of hydrogen-bond acceptors (Lipinski definition) is 4. The molecule has 2 rings (SSSR count). The van der Waals surface area contributed by atoms with E-state index in [1.165, 1.54) is 11.3 Å². The van der Waals surface area contributed by atoms with Crippen LogP contribution in [0.3, 0.4) is 0 Å². The van der Waals surface area contributed by atoms with Gasteiger partial charge in [0.15, 0.2) is 0 Å². The largest absolute Gasteiger partial charge is 0.381 e. The smallest absolute Gasteiger partial charge is 0.263 e. The van der Waals surface area contributed by atoms with Crippen LogP contribution in [0.2, 0.25) is 0 Å². The Morgan fingerprint density at radius 3 is 2.75 bits per heavy atom. The normalized spacial score (nSPS) is 15.7. The van der Waals surface area contributed by atoms with Crippen molar-refractivity contribution >= 4 is 23.2 Å². The van der Waals surface area contributed by atoms with Crippen molar-refractivity contribution in [1.82, 2.24) is 10.2 Å². The molecule has 24 heavy (non-hydrogen) atoms. The predicted octanol–water partition coefficient (Wildman–Crippen LogP) is 2.78. The van der Waals surface area contributed by atoms with E-state index in [2.05, 4.69) is 19.2 Å². The Balaban J connectivity index is 1.61. The molecule has 6 heteroatoms. The fourth-order valence-corrected chi connectivity index (χ4v) is 3.44. The van der Waals surface area contributed by atoms with Gasteiger partial charge in [-0.15, -0.1) is 11.3 Å². The second-order valence-corrected chi connectivity index (χ2v) is 7.60. The summed E-state index contributed by atoms with van der Waals surface area (Å²) in [5.41, 5.74) is 0. The summed E-state index contributed by atoms with van der Waals surface area (Å²) in [6, 6.07) is 3.75. The summed E-state index contributed by atoms with van der Waals surface area (Å²) in [5.74, 6) is 0.767. The highest BCUT2D eigenvalue weighted by Gasteiger charge is 2.27. The molecule has 0 radical (unpaired) electrons. The SMILES string of the molecule is CC(C)COCCCNC(=O)C1CCN(C(=O)c2cccs2)CC1. The van der Waals surface area contributed by atoms with Crippen molar-refractivity contribution in [2.75, 3.05) is 32.8 Å². The van der Waals surface area contributed by atoms with E-state index in [-0.39, 0.29) is 17.7 Å². The molecule has 134 valence electrons. The van der Waals surface area contributed by atoms with Crippen LogP contribution in [0.4, 0.5) is 0 Å². The maximum Gasteiger partial charge on any atom is 0.263 e. The molecule has 5 nitrogen and oxygen atoms in total. The number of thiophene rings is 1. The summed E-state index contributed by atoms with van der Waals surface area (Å²) in [6.07, 6.45) is 2.33. The number of ether oxygens (including phenoxy) is 1. The number of likely N-dealkylation sites (tertiary alicyclic amines) is 1. The van der Waals surface area contributed by atoms with Crippen LogP contribution in [0.25, 0.3) is 0 Å². The van der Waals surface area contributed by atoms with E-state index in [0.29, 0.717) is 32.2 Å². The molecule has 1 aliphatic heterocycles. The predicted molar refractivity (Wildman–Crippen MR) is 96.2 cm³/mol. The lowest BCUT2D eigenvalue weighted by Gasteiger charge is -2.31. The molecule has 1 fully saturated rings. The number of amides is 2. The monoisotopic (exact) mass is 352 g/mol. The second kappa shape index (κ2) is 9.79. The van der Waals surface area contributed by atoms with Crippen LogP contribution in [0.1, 0.15) is 42.8 Å². The third-order valence-corrected chi connectivity index (χ3v) is 4.96. The number of nitrogens with zero attached hydrogens (tertiary/aromatic N) is 1. The van der Waals surface area contributed by atoms with Crippen molar-refractivity contribution in [2.45, 2.75) is 33.1 Å². The standard InChI is InChI=1S/C18H28N2O3S/c1-14(2)13-23-11-4-8-19-17(21)15-6-9-20(10-7-15)18(22)16-5-3-12-24-16/h3,5,12,14-15H,4,6-11,13H2,1-2H3,(H,19,21). The first-order chi connectivity index (χ1) is 11.6. The molecule has 0 aromatic carbocycles. The van der Waals surface area contributed by atoms with Gasteiger partial charge < -0.3 is 15.0 Å². The van der Waals surface area contributed by atoms with Crippen molar-refractivity contribution in [2.24, 2.45) is 11.8 Å². The number of rotatable bonds is 8. The molecule has 1 aromatic heterocycles. The van der Waals surface area contributed by atoms with Crippen LogP contribution in [0.15, 0.2) is 17.5 Å². The maximum atomic E-state index is 12.3. The minimum Gasteiger partial charge on any atom is -0.381 e. The Morgan fingerprint density at radius 2 is 2.12 bits per heavy atom. The molecule has 0 unspecified atom stereocenters. The van der Waals surface area contributed by atoms with Gasteiger partial charge in [-0.25, -0.2) is 0 Å². The molecular weight excluding hydrogens is 324 g/mol. The Labute approximate surface area is 148 Å². The van der Waals surface area contributed by atoms with E-state index >= 15 is 0 Å². The summed E-state index contributed by atoms with van der Waals surface area (Å²) in [6.45, 7) is 7.68. The maximum absolute atomic E-state index is 12.3. The number of piperidine rings is 1. The van der Waals surface area contributed by atoms with Gasteiger partial charge in [-0.3, -0.25) is 9.59 Å². The van der Waals surface area contributed by atoms with Crippen LogP contribution in [-0.2, 0) is 9.53 Å². The molecular formula is C18H28N2O3S. The molecule has 0 aliphatic carbocycles. The van der Waals surface area contributed by atoms with E-state index in [0.717, 1.165) is 30.7 Å². The van der Waals surface area contributed by atoms with Crippen LogP contribution >= 0.6 is 11.3 Å². The minimum atomic E-state index is 0.0222. The van der Waals surface area contributed by atoms with Gasteiger partial charge in [-0.2, -0.15) is 0 Å². The second-order valence-electron chi connectivity index (χ2n) is 6.66. The van der Waals surface area contributed by atoms with Gasteiger partial charge in [0, 0.05) is 38.8 Å². The van der Waals surface area contributed by atoms with Crippen LogP contribution < -0.4 is 5.32 Å². The van der Waals surface area contributed by atoms with Gasteiger partial charge >= 0.3 is 0 Å². The van der Waals surface area contributed by atoms with Gasteiger partial charge in [-0.1, -0.05) is 19.9 Å².